The summed E-state index contributed by atoms with van der Waals surface area (Å²) < 4.78 is 13.7. The summed E-state index contributed by atoms with van der Waals surface area (Å²) in [7, 11) is 4.07. The smallest absolute Gasteiger partial charge is 0.148 e. The molecule has 1 unspecified atom stereocenters. The van der Waals surface area contributed by atoms with Crippen molar-refractivity contribution in [2.24, 2.45) is 5.92 Å². The first kappa shape index (κ1) is 12.2. The molecular formula is C13H20FN3. The van der Waals surface area contributed by atoms with Crippen LogP contribution in [0.15, 0.2) is 18.2 Å². The van der Waals surface area contributed by atoms with E-state index in [0.29, 0.717) is 17.3 Å². The van der Waals surface area contributed by atoms with Crippen LogP contribution < -0.4 is 10.6 Å². The quantitative estimate of drug-likeness (QED) is 0.814. The number of nitrogen functional groups attached to an aromatic ring is 1. The van der Waals surface area contributed by atoms with Crippen molar-refractivity contribution in [1.82, 2.24) is 4.90 Å². The van der Waals surface area contributed by atoms with Gasteiger partial charge in [-0.3, -0.25) is 0 Å². The van der Waals surface area contributed by atoms with Gasteiger partial charge in [-0.25, -0.2) is 4.39 Å². The SMILES string of the molecule is CN1CCC(CN(C)c2ccc(N)cc2F)C1. The Labute approximate surface area is 102 Å². The summed E-state index contributed by atoms with van der Waals surface area (Å²) in [5.74, 6) is 0.390. The van der Waals surface area contributed by atoms with Gasteiger partial charge in [0.05, 0.1) is 5.69 Å². The van der Waals surface area contributed by atoms with Crippen LogP contribution in [0.2, 0.25) is 0 Å². The van der Waals surface area contributed by atoms with Crippen molar-refractivity contribution >= 4 is 11.4 Å². The van der Waals surface area contributed by atoms with Gasteiger partial charge in [0.1, 0.15) is 5.82 Å². The minimum Gasteiger partial charge on any atom is -0.399 e. The second-order valence-electron chi connectivity index (χ2n) is 5.01. The molecule has 1 atom stereocenters. The highest BCUT2D eigenvalue weighted by atomic mass is 19.1. The Hall–Kier alpha value is -1.29. The molecule has 1 heterocycles. The number of nitrogens with zero attached hydrogens (tertiary/aromatic N) is 2. The van der Waals surface area contributed by atoms with E-state index in [9.17, 15) is 4.39 Å². The van der Waals surface area contributed by atoms with Gasteiger partial charge in [0.2, 0.25) is 0 Å². The number of halogens is 1. The average molecular weight is 237 g/mol. The molecule has 1 aliphatic rings. The van der Waals surface area contributed by atoms with Gasteiger partial charge in [-0.2, -0.15) is 0 Å². The van der Waals surface area contributed by atoms with Crippen LogP contribution in [0, 0.1) is 11.7 Å². The molecule has 2 N–H and O–H groups in total. The van der Waals surface area contributed by atoms with Crippen LogP contribution in [-0.2, 0) is 0 Å². The first-order valence-corrected chi connectivity index (χ1v) is 6.01. The normalized spacial score (nSPS) is 20.8. The van der Waals surface area contributed by atoms with Crippen LogP contribution in [0.1, 0.15) is 6.42 Å². The summed E-state index contributed by atoms with van der Waals surface area (Å²) in [5, 5.41) is 0. The molecule has 0 saturated carbocycles. The molecule has 2 rings (SSSR count). The van der Waals surface area contributed by atoms with Gasteiger partial charge in [-0.1, -0.05) is 0 Å². The van der Waals surface area contributed by atoms with E-state index >= 15 is 0 Å². The first-order chi connectivity index (χ1) is 8.06. The van der Waals surface area contributed by atoms with E-state index < -0.39 is 0 Å². The van der Waals surface area contributed by atoms with E-state index in [1.54, 1.807) is 12.1 Å². The Morgan fingerprint density at radius 2 is 2.29 bits per heavy atom. The fourth-order valence-corrected chi connectivity index (χ4v) is 2.49. The van der Waals surface area contributed by atoms with Crippen molar-refractivity contribution in [2.45, 2.75) is 6.42 Å². The summed E-state index contributed by atoms with van der Waals surface area (Å²) in [6, 6.07) is 4.88. The highest BCUT2D eigenvalue weighted by molar-refractivity contribution is 5.54. The van der Waals surface area contributed by atoms with Crippen LogP contribution >= 0.6 is 0 Å². The van der Waals surface area contributed by atoms with Crippen molar-refractivity contribution in [3.8, 4) is 0 Å². The van der Waals surface area contributed by atoms with Crippen molar-refractivity contribution in [1.29, 1.82) is 0 Å². The second kappa shape index (κ2) is 4.92. The zero-order valence-electron chi connectivity index (χ0n) is 10.5. The van der Waals surface area contributed by atoms with E-state index in [1.165, 1.54) is 12.5 Å². The molecule has 1 fully saturated rings. The number of hydrogen-bond donors (Lipinski definition) is 1. The number of rotatable bonds is 3. The molecule has 17 heavy (non-hydrogen) atoms. The van der Waals surface area contributed by atoms with Crippen LogP contribution in [0.5, 0.6) is 0 Å². The van der Waals surface area contributed by atoms with E-state index in [1.807, 2.05) is 11.9 Å². The summed E-state index contributed by atoms with van der Waals surface area (Å²) in [6.45, 7) is 3.13. The van der Waals surface area contributed by atoms with Crippen molar-refractivity contribution in [3.63, 3.8) is 0 Å². The van der Waals surface area contributed by atoms with Gasteiger partial charge < -0.3 is 15.5 Å². The van der Waals surface area contributed by atoms with E-state index in [0.717, 1.165) is 19.6 Å². The lowest BCUT2D eigenvalue weighted by Gasteiger charge is -2.23. The van der Waals surface area contributed by atoms with Crippen LogP contribution in [0.3, 0.4) is 0 Å². The number of benzene rings is 1. The molecule has 1 saturated heterocycles. The third-order valence-corrected chi connectivity index (χ3v) is 3.40. The van der Waals surface area contributed by atoms with Gasteiger partial charge in [0.25, 0.3) is 0 Å². The summed E-state index contributed by atoms with van der Waals surface area (Å²) in [6.07, 6.45) is 1.19. The Morgan fingerprint density at radius 1 is 1.53 bits per heavy atom. The van der Waals surface area contributed by atoms with Crippen LogP contribution in [0.25, 0.3) is 0 Å². The first-order valence-electron chi connectivity index (χ1n) is 6.01. The molecule has 3 nitrogen and oxygen atoms in total. The minimum atomic E-state index is -0.237. The third kappa shape index (κ3) is 2.88. The summed E-state index contributed by atoms with van der Waals surface area (Å²) in [4.78, 5) is 4.30. The molecule has 1 aromatic rings. The fourth-order valence-electron chi connectivity index (χ4n) is 2.49. The van der Waals surface area contributed by atoms with Crippen molar-refractivity contribution in [2.75, 3.05) is 44.4 Å². The number of anilines is 2. The van der Waals surface area contributed by atoms with Crippen LogP contribution in [0.4, 0.5) is 15.8 Å². The summed E-state index contributed by atoms with van der Waals surface area (Å²) >= 11 is 0. The number of likely N-dealkylation sites (tertiary alicyclic amines) is 1. The number of hydrogen-bond acceptors (Lipinski definition) is 3. The highest BCUT2D eigenvalue weighted by Crippen LogP contribution is 2.23. The molecule has 0 aromatic heterocycles. The molecule has 0 aliphatic carbocycles. The molecule has 0 radical (unpaired) electrons. The predicted octanol–water partition coefficient (Wildman–Crippen LogP) is 1.80. The van der Waals surface area contributed by atoms with E-state index in [4.69, 9.17) is 5.73 Å². The maximum atomic E-state index is 13.7. The molecule has 1 aromatic carbocycles. The maximum Gasteiger partial charge on any atom is 0.148 e. The minimum absolute atomic E-state index is 0.237. The lowest BCUT2D eigenvalue weighted by molar-refractivity contribution is 0.395. The molecule has 94 valence electrons. The Bertz CT molecular complexity index is 394. The van der Waals surface area contributed by atoms with E-state index in [-0.39, 0.29) is 5.82 Å². The van der Waals surface area contributed by atoms with Gasteiger partial charge >= 0.3 is 0 Å². The van der Waals surface area contributed by atoms with Crippen LogP contribution in [-0.4, -0.2) is 38.6 Å². The molecule has 1 aliphatic heterocycles. The lowest BCUT2D eigenvalue weighted by atomic mass is 10.1. The third-order valence-electron chi connectivity index (χ3n) is 3.40. The van der Waals surface area contributed by atoms with Gasteiger partial charge in [0.15, 0.2) is 0 Å². The highest BCUT2D eigenvalue weighted by Gasteiger charge is 2.21. The average Bonchev–Trinajstić information content (AvgIpc) is 2.63. The molecule has 0 amide bonds. The Kier molecular flexibility index (Phi) is 3.52. The largest absolute Gasteiger partial charge is 0.399 e. The predicted molar refractivity (Wildman–Crippen MR) is 69.7 cm³/mol. The maximum absolute atomic E-state index is 13.7. The molecular weight excluding hydrogens is 217 g/mol. The second-order valence-corrected chi connectivity index (χ2v) is 5.01. The fraction of sp³-hybridized carbons (Fsp3) is 0.538. The van der Waals surface area contributed by atoms with Gasteiger partial charge in [-0.05, 0) is 44.1 Å². The topological polar surface area (TPSA) is 32.5 Å². The zero-order valence-corrected chi connectivity index (χ0v) is 10.5. The number of nitrogens with two attached hydrogens (primary N) is 1. The Morgan fingerprint density at radius 3 is 2.88 bits per heavy atom. The Balaban J connectivity index is 2.01. The summed E-state index contributed by atoms with van der Waals surface area (Å²) in [5.41, 5.74) is 6.65. The lowest BCUT2D eigenvalue weighted by Crippen LogP contribution is -2.27. The van der Waals surface area contributed by atoms with Gasteiger partial charge in [-0.15, -0.1) is 0 Å². The van der Waals surface area contributed by atoms with Crippen molar-refractivity contribution < 1.29 is 4.39 Å². The molecule has 0 bridgehead atoms. The van der Waals surface area contributed by atoms with Gasteiger partial charge in [0, 0.05) is 25.8 Å². The standard InChI is InChI=1S/C13H20FN3/c1-16-6-5-10(8-16)9-17(2)13-4-3-11(15)7-12(13)14/h3-4,7,10H,5-6,8-9,15H2,1-2H3. The molecule has 4 heteroatoms. The zero-order chi connectivity index (χ0) is 12.4. The monoisotopic (exact) mass is 237 g/mol. The molecule has 0 spiro atoms. The van der Waals surface area contributed by atoms with E-state index in [2.05, 4.69) is 11.9 Å². The van der Waals surface area contributed by atoms with Crippen molar-refractivity contribution in [3.05, 3.63) is 24.0 Å².